The molecule has 0 saturated heterocycles. The molecule has 8 heteroatoms. The molecule has 0 aromatic heterocycles. The van der Waals surface area contributed by atoms with Gasteiger partial charge in [0.2, 0.25) is 0 Å². The Morgan fingerprint density at radius 2 is 1.44 bits per heavy atom. The van der Waals surface area contributed by atoms with Gasteiger partial charge in [-0.2, -0.15) is 17.6 Å². The Balaban J connectivity index is 1.83. The molecule has 2 aromatic rings. The summed E-state index contributed by atoms with van der Waals surface area (Å²) < 4.78 is 67.2. The molecule has 0 heterocycles. The first-order valence-electron chi connectivity index (χ1n) is 10.5. The smallest absolute Gasteiger partial charge is 0.416 e. The largest absolute Gasteiger partial charge is 0.494 e. The number of halogens is 5. The fraction of sp³-hybridized carbons (Fsp3) is 0.417. The van der Waals surface area contributed by atoms with Crippen molar-refractivity contribution >= 4 is 15.9 Å². The third kappa shape index (κ3) is 8.37. The molecule has 3 nitrogen and oxygen atoms in total. The normalized spacial score (nSPS) is 12.0. The average Bonchev–Trinajstić information content (AvgIpc) is 2.75. The number of ether oxygens (including phenoxy) is 3. The van der Waals surface area contributed by atoms with Crippen LogP contribution in [0.3, 0.4) is 0 Å². The molecule has 0 atom stereocenters. The van der Waals surface area contributed by atoms with Crippen LogP contribution in [0.5, 0.6) is 17.2 Å². The fourth-order valence-corrected chi connectivity index (χ4v) is 3.16. The van der Waals surface area contributed by atoms with E-state index in [2.05, 4.69) is 15.9 Å². The van der Waals surface area contributed by atoms with Gasteiger partial charge in [0.1, 0.15) is 23.9 Å². The molecule has 2 rings (SSSR count). The summed E-state index contributed by atoms with van der Waals surface area (Å²) in [5, 5.41) is 0. The van der Waals surface area contributed by atoms with Gasteiger partial charge in [-0.25, -0.2) is 0 Å². The summed E-state index contributed by atoms with van der Waals surface area (Å²) in [6, 6.07) is 8.48. The molecule has 32 heavy (non-hydrogen) atoms. The number of aryl methyl sites for hydroxylation is 2. The van der Waals surface area contributed by atoms with E-state index in [0.717, 1.165) is 48.3 Å². The summed E-state index contributed by atoms with van der Waals surface area (Å²) in [5.74, 6) is 1.92. The predicted octanol–water partition coefficient (Wildman–Crippen LogP) is 7.65. The maximum absolute atomic E-state index is 12.8. The van der Waals surface area contributed by atoms with Crippen LogP contribution in [-0.4, -0.2) is 19.8 Å². The van der Waals surface area contributed by atoms with Gasteiger partial charge in [0.25, 0.3) is 0 Å². The van der Waals surface area contributed by atoms with Gasteiger partial charge in [-0.1, -0.05) is 13.8 Å². The minimum absolute atomic E-state index is 0.128. The molecule has 2 aromatic carbocycles. The lowest BCUT2D eigenvalue weighted by molar-refractivity contribution is -0.137. The minimum Gasteiger partial charge on any atom is -0.494 e. The Morgan fingerprint density at radius 3 is 1.94 bits per heavy atom. The van der Waals surface area contributed by atoms with E-state index < -0.39 is 16.5 Å². The van der Waals surface area contributed by atoms with E-state index >= 15 is 0 Å². The van der Waals surface area contributed by atoms with Gasteiger partial charge < -0.3 is 14.2 Å². The Morgan fingerprint density at radius 1 is 0.875 bits per heavy atom. The van der Waals surface area contributed by atoms with Crippen molar-refractivity contribution in [2.75, 3.05) is 19.8 Å². The molecule has 0 amide bonds. The lowest BCUT2D eigenvalue weighted by Gasteiger charge is -2.17. The van der Waals surface area contributed by atoms with Crippen molar-refractivity contribution in [3.8, 4) is 17.2 Å². The highest BCUT2D eigenvalue weighted by atomic mass is 79.9. The Kier molecular flexibility index (Phi) is 10.4. The van der Waals surface area contributed by atoms with Crippen LogP contribution in [0.2, 0.25) is 0 Å². The van der Waals surface area contributed by atoms with Crippen LogP contribution >= 0.6 is 15.9 Å². The highest BCUT2D eigenvalue weighted by Gasteiger charge is 2.30. The molecule has 176 valence electrons. The molecule has 0 saturated carbocycles. The summed E-state index contributed by atoms with van der Waals surface area (Å²) in [6.45, 7) is 5.07. The van der Waals surface area contributed by atoms with Gasteiger partial charge in [0.15, 0.2) is 4.74 Å². The van der Waals surface area contributed by atoms with Gasteiger partial charge in [-0.3, -0.25) is 0 Å². The number of rotatable bonds is 12. The van der Waals surface area contributed by atoms with E-state index in [1.807, 2.05) is 26.0 Å². The van der Waals surface area contributed by atoms with E-state index in [4.69, 9.17) is 14.2 Å². The zero-order valence-corrected chi connectivity index (χ0v) is 19.7. The van der Waals surface area contributed by atoms with Gasteiger partial charge in [0.05, 0.1) is 18.8 Å². The van der Waals surface area contributed by atoms with Crippen LogP contribution in [0.25, 0.3) is 0 Å². The monoisotopic (exact) mass is 518 g/mol. The number of unbranched alkanes of at least 4 members (excludes halogenated alkanes) is 1. The quantitative estimate of drug-likeness (QED) is 0.213. The molecule has 0 aliphatic rings. The van der Waals surface area contributed by atoms with Crippen molar-refractivity contribution in [2.24, 2.45) is 0 Å². The first-order valence-corrected chi connectivity index (χ1v) is 11.3. The van der Waals surface area contributed by atoms with Gasteiger partial charge in [-0.15, -0.1) is 0 Å². The topological polar surface area (TPSA) is 27.7 Å². The summed E-state index contributed by atoms with van der Waals surface area (Å²) in [5.41, 5.74) is 1.34. The van der Waals surface area contributed by atoms with Crippen LogP contribution < -0.4 is 14.2 Å². The van der Waals surface area contributed by atoms with E-state index in [-0.39, 0.29) is 6.61 Å². The van der Waals surface area contributed by atoms with Crippen LogP contribution in [0, 0.1) is 0 Å². The highest BCUT2D eigenvalue weighted by Crippen LogP contribution is 2.32. The molecule has 0 N–H and O–H groups in total. The van der Waals surface area contributed by atoms with E-state index in [9.17, 15) is 17.6 Å². The SMILES string of the molecule is CCc1cc(OC/C=C(/F)Br)cc(CC)c1OCCCCOc1ccc(C(F)(F)F)cc1. The molecule has 0 unspecified atom stereocenters. The third-order valence-electron chi connectivity index (χ3n) is 4.70. The maximum Gasteiger partial charge on any atom is 0.416 e. The summed E-state index contributed by atoms with van der Waals surface area (Å²) >= 11 is 2.73. The Hall–Kier alpha value is -2.22. The number of hydrogen-bond acceptors (Lipinski definition) is 3. The molecule has 0 aliphatic heterocycles. The second kappa shape index (κ2) is 12.7. The summed E-state index contributed by atoms with van der Waals surface area (Å²) in [6.07, 6.45) is -0.0830. The van der Waals surface area contributed by atoms with Crippen molar-refractivity contribution in [2.45, 2.75) is 45.7 Å². The van der Waals surface area contributed by atoms with E-state index in [1.54, 1.807) is 0 Å². The third-order valence-corrected chi connectivity index (χ3v) is 5.02. The van der Waals surface area contributed by atoms with Gasteiger partial charge in [-0.05, 0) is 95.2 Å². The minimum atomic E-state index is -4.35. The Labute approximate surface area is 194 Å². The van der Waals surface area contributed by atoms with Crippen molar-refractivity contribution in [3.63, 3.8) is 0 Å². The zero-order valence-electron chi connectivity index (χ0n) is 18.1. The molecule has 0 spiro atoms. The lowest BCUT2D eigenvalue weighted by atomic mass is 10.0. The van der Waals surface area contributed by atoms with Crippen LogP contribution in [0.1, 0.15) is 43.4 Å². The predicted molar refractivity (Wildman–Crippen MR) is 120 cm³/mol. The second-order valence-corrected chi connectivity index (χ2v) is 7.77. The first kappa shape index (κ1) is 26.0. The van der Waals surface area contributed by atoms with E-state index in [1.165, 1.54) is 18.2 Å². The van der Waals surface area contributed by atoms with E-state index in [0.29, 0.717) is 31.1 Å². The molecular weight excluding hydrogens is 492 g/mol. The first-order chi connectivity index (χ1) is 15.2. The van der Waals surface area contributed by atoms with Crippen LogP contribution in [-0.2, 0) is 19.0 Å². The molecule has 0 radical (unpaired) electrons. The highest BCUT2D eigenvalue weighted by molar-refractivity contribution is 9.11. The van der Waals surface area contributed by atoms with Crippen molar-refractivity contribution in [1.82, 2.24) is 0 Å². The average molecular weight is 519 g/mol. The summed E-state index contributed by atoms with van der Waals surface area (Å²) in [7, 11) is 0. The van der Waals surface area contributed by atoms with Crippen molar-refractivity contribution < 1.29 is 31.8 Å². The molecule has 0 aliphatic carbocycles. The molecule has 0 fully saturated rings. The zero-order chi connectivity index (χ0) is 23.6. The van der Waals surface area contributed by atoms with Crippen molar-refractivity contribution in [3.05, 3.63) is 63.9 Å². The lowest BCUT2D eigenvalue weighted by Crippen LogP contribution is -2.07. The Bertz CT molecular complexity index is 851. The number of benzene rings is 2. The number of hydrogen-bond donors (Lipinski definition) is 0. The van der Waals surface area contributed by atoms with Crippen molar-refractivity contribution in [1.29, 1.82) is 0 Å². The molecule has 0 bridgehead atoms. The van der Waals surface area contributed by atoms with Crippen LogP contribution in [0.4, 0.5) is 17.6 Å². The maximum atomic E-state index is 12.8. The van der Waals surface area contributed by atoms with Gasteiger partial charge >= 0.3 is 6.18 Å². The molecular formula is C24H27BrF4O3. The van der Waals surface area contributed by atoms with Crippen LogP contribution in [0.15, 0.2) is 47.2 Å². The standard InChI is InChI=1S/C24H27BrF4O3/c1-3-17-15-21(31-14-11-22(25)26)16-18(4-2)23(17)32-13-6-5-12-30-20-9-7-19(8-10-20)24(27,28)29/h7-11,15-16H,3-6,12-14H2,1-2H3/b22-11+. The summed E-state index contributed by atoms with van der Waals surface area (Å²) in [4.78, 5) is 0. The number of alkyl halides is 3. The fourth-order valence-electron chi connectivity index (χ4n) is 3.03. The van der Waals surface area contributed by atoms with Gasteiger partial charge in [0, 0.05) is 0 Å². The second-order valence-electron chi connectivity index (χ2n) is 7.01.